The van der Waals surface area contributed by atoms with Crippen molar-refractivity contribution in [1.29, 1.82) is 0 Å². The van der Waals surface area contributed by atoms with Crippen LogP contribution in [0.15, 0.2) is 36.7 Å². The van der Waals surface area contributed by atoms with Crippen molar-refractivity contribution in [2.45, 2.75) is 13.3 Å². The number of nitrogens with one attached hydrogen (secondary N) is 1. The van der Waals surface area contributed by atoms with Crippen molar-refractivity contribution in [3.05, 3.63) is 47.2 Å². The van der Waals surface area contributed by atoms with E-state index in [9.17, 15) is 4.79 Å². The molecule has 6 nitrogen and oxygen atoms in total. The number of amides is 2. The zero-order chi connectivity index (χ0) is 18.5. The summed E-state index contributed by atoms with van der Waals surface area (Å²) in [7, 11) is 1.56. The Labute approximate surface area is 158 Å². The zero-order valence-electron chi connectivity index (χ0n) is 15.0. The van der Waals surface area contributed by atoms with Crippen LogP contribution in [-0.4, -0.2) is 49.2 Å². The summed E-state index contributed by atoms with van der Waals surface area (Å²) in [5.74, 6) is 0.586. The van der Waals surface area contributed by atoms with E-state index in [4.69, 9.17) is 16.3 Å². The smallest absolute Gasteiger partial charge is 0.321 e. The second-order valence-electron chi connectivity index (χ2n) is 6.27. The normalized spacial score (nSPS) is 14.7. The van der Waals surface area contributed by atoms with E-state index in [1.165, 1.54) is 5.69 Å². The molecule has 26 heavy (non-hydrogen) atoms. The molecule has 0 spiro atoms. The molecular formula is C19H23ClN4O2. The fraction of sp³-hybridized carbons (Fsp3) is 0.368. The van der Waals surface area contributed by atoms with Crippen LogP contribution in [0.4, 0.5) is 16.2 Å². The Kier molecular flexibility index (Phi) is 5.83. The molecule has 0 saturated carbocycles. The van der Waals surface area contributed by atoms with Crippen LogP contribution in [0.2, 0.25) is 5.02 Å². The number of methoxy groups -OCH3 is 1. The van der Waals surface area contributed by atoms with Crippen molar-refractivity contribution in [3.63, 3.8) is 0 Å². The minimum atomic E-state index is -0.112. The molecule has 1 N–H and O–H groups in total. The lowest BCUT2D eigenvalue weighted by Gasteiger charge is -2.25. The summed E-state index contributed by atoms with van der Waals surface area (Å²) in [6.07, 6.45) is 4.60. The molecule has 0 radical (unpaired) electrons. The third-order valence-electron chi connectivity index (χ3n) is 4.52. The van der Waals surface area contributed by atoms with Gasteiger partial charge < -0.3 is 19.9 Å². The van der Waals surface area contributed by atoms with Crippen LogP contribution in [0.25, 0.3) is 0 Å². The Morgan fingerprint density at radius 2 is 2.08 bits per heavy atom. The minimum Gasteiger partial charge on any atom is -0.495 e. The van der Waals surface area contributed by atoms with E-state index in [1.807, 2.05) is 23.4 Å². The van der Waals surface area contributed by atoms with Gasteiger partial charge in [-0.15, -0.1) is 0 Å². The maximum atomic E-state index is 12.6. The number of hydrogen-bond donors (Lipinski definition) is 1. The molecule has 1 aliphatic rings. The molecule has 1 saturated heterocycles. The van der Waals surface area contributed by atoms with E-state index in [1.54, 1.807) is 25.3 Å². The number of ether oxygens (including phenoxy) is 1. The highest BCUT2D eigenvalue weighted by Gasteiger charge is 2.20. The van der Waals surface area contributed by atoms with Gasteiger partial charge in [-0.05, 0) is 43.2 Å². The Hall–Kier alpha value is -2.47. The van der Waals surface area contributed by atoms with Gasteiger partial charge in [0.15, 0.2) is 0 Å². The molecule has 0 aliphatic carbocycles. The number of anilines is 2. The first-order chi connectivity index (χ1) is 12.6. The molecule has 0 bridgehead atoms. The van der Waals surface area contributed by atoms with Crippen LogP contribution in [0.3, 0.4) is 0 Å². The first-order valence-electron chi connectivity index (χ1n) is 8.63. The van der Waals surface area contributed by atoms with Crippen LogP contribution in [0.5, 0.6) is 5.75 Å². The number of nitrogens with zero attached hydrogens (tertiary/aromatic N) is 3. The third-order valence-corrected chi connectivity index (χ3v) is 4.81. The number of benzene rings is 1. The van der Waals surface area contributed by atoms with Gasteiger partial charge in [0, 0.05) is 49.9 Å². The number of rotatable bonds is 3. The molecule has 1 aromatic carbocycles. The molecule has 0 unspecified atom stereocenters. The summed E-state index contributed by atoms with van der Waals surface area (Å²) >= 11 is 6.12. The summed E-state index contributed by atoms with van der Waals surface area (Å²) in [5.41, 5.74) is 2.99. The van der Waals surface area contributed by atoms with Gasteiger partial charge in [0.25, 0.3) is 0 Å². The monoisotopic (exact) mass is 374 g/mol. The van der Waals surface area contributed by atoms with Crippen LogP contribution in [-0.2, 0) is 0 Å². The van der Waals surface area contributed by atoms with Crippen molar-refractivity contribution in [2.75, 3.05) is 43.5 Å². The maximum absolute atomic E-state index is 12.6. The topological polar surface area (TPSA) is 57.7 Å². The fourth-order valence-electron chi connectivity index (χ4n) is 3.13. The molecule has 2 aromatic rings. The zero-order valence-corrected chi connectivity index (χ0v) is 15.8. The Bertz CT molecular complexity index is 784. The number of halogens is 1. The summed E-state index contributed by atoms with van der Waals surface area (Å²) in [6, 6.07) is 7.15. The number of pyridine rings is 1. The Balaban J connectivity index is 1.62. The highest BCUT2D eigenvalue weighted by Crippen LogP contribution is 2.27. The van der Waals surface area contributed by atoms with Crippen LogP contribution in [0.1, 0.15) is 12.0 Å². The fourth-order valence-corrected chi connectivity index (χ4v) is 3.39. The first-order valence-corrected chi connectivity index (χ1v) is 9.01. The highest BCUT2D eigenvalue weighted by molar-refractivity contribution is 6.32. The van der Waals surface area contributed by atoms with Gasteiger partial charge in [0.2, 0.25) is 0 Å². The van der Waals surface area contributed by atoms with Crippen molar-refractivity contribution in [2.24, 2.45) is 0 Å². The second kappa shape index (κ2) is 8.27. The highest BCUT2D eigenvalue weighted by atomic mass is 35.5. The van der Waals surface area contributed by atoms with E-state index >= 15 is 0 Å². The Morgan fingerprint density at radius 1 is 1.23 bits per heavy atom. The van der Waals surface area contributed by atoms with Crippen LogP contribution < -0.4 is 15.0 Å². The van der Waals surface area contributed by atoms with Crippen molar-refractivity contribution < 1.29 is 9.53 Å². The number of aryl methyl sites for hydroxylation is 1. The van der Waals surface area contributed by atoms with Gasteiger partial charge in [-0.3, -0.25) is 4.98 Å². The van der Waals surface area contributed by atoms with E-state index in [0.29, 0.717) is 23.0 Å². The predicted molar refractivity (Wildman–Crippen MR) is 104 cm³/mol. The van der Waals surface area contributed by atoms with Crippen molar-refractivity contribution >= 4 is 29.0 Å². The molecule has 2 amide bonds. The predicted octanol–water partition coefficient (Wildman–Crippen LogP) is 3.80. The molecule has 1 aliphatic heterocycles. The minimum absolute atomic E-state index is 0.112. The number of carbonyl (C=O) groups excluding carboxylic acids is 1. The number of urea groups is 1. The third kappa shape index (κ3) is 4.19. The molecule has 3 rings (SSSR count). The lowest BCUT2D eigenvalue weighted by atomic mass is 10.2. The van der Waals surface area contributed by atoms with Crippen molar-refractivity contribution in [1.82, 2.24) is 9.88 Å². The van der Waals surface area contributed by atoms with Gasteiger partial charge in [0.05, 0.1) is 12.1 Å². The van der Waals surface area contributed by atoms with Crippen LogP contribution >= 0.6 is 11.6 Å². The number of aromatic nitrogens is 1. The van der Waals surface area contributed by atoms with E-state index in [0.717, 1.165) is 31.6 Å². The summed E-state index contributed by atoms with van der Waals surface area (Å²) in [5, 5.41) is 3.39. The molecule has 7 heteroatoms. The Morgan fingerprint density at radius 3 is 2.81 bits per heavy atom. The average Bonchev–Trinajstić information content (AvgIpc) is 2.88. The molecule has 2 heterocycles. The van der Waals surface area contributed by atoms with E-state index in [2.05, 4.69) is 22.1 Å². The lowest BCUT2D eigenvalue weighted by molar-refractivity contribution is 0.215. The van der Waals surface area contributed by atoms with E-state index < -0.39 is 0 Å². The summed E-state index contributed by atoms with van der Waals surface area (Å²) in [6.45, 7) is 5.16. The largest absolute Gasteiger partial charge is 0.495 e. The van der Waals surface area contributed by atoms with Gasteiger partial charge in [-0.1, -0.05) is 11.6 Å². The van der Waals surface area contributed by atoms with Crippen LogP contribution in [0, 0.1) is 6.92 Å². The average molecular weight is 375 g/mol. The maximum Gasteiger partial charge on any atom is 0.321 e. The van der Waals surface area contributed by atoms with Gasteiger partial charge in [-0.25, -0.2) is 4.79 Å². The van der Waals surface area contributed by atoms with Gasteiger partial charge in [-0.2, -0.15) is 0 Å². The van der Waals surface area contributed by atoms with E-state index in [-0.39, 0.29) is 6.03 Å². The lowest BCUT2D eigenvalue weighted by Crippen LogP contribution is -2.38. The molecule has 1 aromatic heterocycles. The summed E-state index contributed by atoms with van der Waals surface area (Å²) < 4.78 is 5.14. The van der Waals surface area contributed by atoms with Crippen molar-refractivity contribution in [3.8, 4) is 5.75 Å². The SMILES string of the molecule is COc1ccc(NC(=O)N2CCCN(c3ccncc3C)CC2)cc1Cl. The van der Waals surface area contributed by atoms with Gasteiger partial charge >= 0.3 is 6.03 Å². The summed E-state index contributed by atoms with van der Waals surface area (Å²) in [4.78, 5) is 20.9. The second-order valence-corrected chi connectivity index (χ2v) is 6.68. The first kappa shape index (κ1) is 18.3. The number of carbonyl (C=O) groups is 1. The molecule has 138 valence electrons. The number of hydrogen-bond acceptors (Lipinski definition) is 4. The molecule has 0 atom stereocenters. The standard InChI is InChI=1S/C19H23ClN4O2/c1-14-13-21-7-6-17(14)23-8-3-9-24(11-10-23)19(25)22-15-4-5-18(26-2)16(20)12-15/h4-7,12-13H,3,8-11H2,1-2H3,(H,22,25). The molecule has 1 fully saturated rings. The molecular weight excluding hydrogens is 352 g/mol. The quantitative estimate of drug-likeness (QED) is 0.887. The van der Waals surface area contributed by atoms with Gasteiger partial charge in [0.1, 0.15) is 5.75 Å².